The fourth-order valence-electron chi connectivity index (χ4n) is 2.42. The van der Waals surface area contributed by atoms with E-state index in [1.807, 2.05) is 0 Å². The fraction of sp³-hybridized carbons (Fsp3) is 0.944. The lowest BCUT2D eigenvalue weighted by Gasteiger charge is -2.30. The second kappa shape index (κ2) is 10.9. The van der Waals surface area contributed by atoms with Crippen LogP contribution < -0.4 is 0 Å². The van der Waals surface area contributed by atoms with Gasteiger partial charge in [-0.25, -0.2) is 0 Å². The molecule has 0 spiro atoms. The average molecular weight is 253 g/mol. The van der Waals surface area contributed by atoms with Crippen molar-refractivity contribution in [2.24, 2.45) is 11.3 Å². The molecular formula is C18H37. The van der Waals surface area contributed by atoms with Gasteiger partial charge in [0.1, 0.15) is 0 Å². The van der Waals surface area contributed by atoms with Crippen LogP contribution in [0.4, 0.5) is 0 Å². The summed E-state index contributed by atoms with van der Waals surface area (Å²) < 4.78 is 0. The number of unbranched alkanes of at least 4 members (excludes halogenated alkanes) is 8. The molecule has 0 heteroatoms. The Balaban J connectivity index is 3.30. The Labute approximate surface area is 117 Å². The molecule has 0 aliphatic rings. The van der Waals surface area contributed by atoms with E-state index in [4.69, 9.17) is 0 Å². The first-order valence-corrected chi connectivity index (χ1v) is 8.35. The van der Waals surface area contributed by atoms with Gasteiger partial charge in [0.2, 0.25) is 0 Å². The van der Waals surface area contributed by atoms with E-state index in [-0.39, 0.29) is 0 Å². The molecule has 0 amide bonds. The van der Waals surface area contributed by atoms with Crippen LogP contribution in [0.15, 0.2) is 0 Å². The minimum absolute atomic E-state index is 0.417. The van der Waals surface area contributed by atoms with Crippen molar-refractivity contribution in [2.45, 2.75) is 98.8 Å². The van der Waals surface area contributed by atoms with Crippen molar-refractivity contribution < 1.29 is 0 Å². The average Bonchev–Trinajstić information content (AvgIpc) is 2.36. The lowest BCUT2D eigenvalue weighted by Crippen LogP contribution is -2.20. The summed E-state index contributed by atoms with van der Waals surface area (Å²) in [7, 11) is 0. The van der Waals surface area contributed by atoms with Crippen LogP contribution in [-0.4, -0.2) is 0 Å². The van der Waals surface area contributed by atoms with Crippen LogP contribution in [0.5, 0.6) is 0 Å². The van der Waals surface area contributed by atoms with E-state index in [1.165, 1.54) is 64.2 Å². The summed E-state index contributed by atoms with van der Waals surface area (Å²) in [5, 5.41) is 0. The normalized spacial score (nSPS) is 13.8. The summed E-state index contributed by atoms with van der Waals surface area (Å²) in [6.07, 6.45) is 16.7. The summed E-state index contributed by atoms with van der Waals surface area (Å²) in [5.41, 5.74) is 0.417. The Morgan fingerprint density at radius 1 is 0.833 bits per heavy atom. The molecule has 0 bridgehead atoms. The molecular weight excluding hydrogens is 216 g/mol. The van der Waals surface area contributed by atoms with E-state index in [0.29, 0.717) is 5.41 Å². The highest BCUT2D eigenvalue weighted by Crippen LogP contribution is 2.32. The van der Waals surface area contributed by atoms with E-state index in [2.05, 4.69) is 41.0 Å². The Morgan fingerprint density at radius 2 is 1.28 bits per heavy atom. The topological polar surface area (TPSA) is 0 Å². The number of rotatable bonds is 12. The Kier molecular flexibility index (Phi) is 10.9. The monoisotopic (exact) mass is 253 g/mol. The van der Waals surface area contributed by atoms with Gasteiger partial charge in [-0.15, -0.1) is 0 Å². The molecule has 1 atom stereocenters. The highest BCUT2D eigenvalue weighted by Gasteiger charge is 2.22. The third-order valence-corrected chi connectivity index (χ3v) is 4.75. The van der Waals surface area contributed by atoms with Crippen LogP contribution in [0.2, 0.25) is 0 Å². The first-order valence-electron chi connectivity index (χ1n) is 8.35. The van der Waals surface area contributed by atoms with Crippen molar-refractivity contribution in [1.82, 2.24) is 0 Å². The zero-order valence-electron chi connectivity index (χ0n) is 13.7. The smallest absolute Gasteiger partial charge is 0.0300 e. The van der Waals surface area contributed by atoms with E-state index < -0.39 is 0 Å². The summed E-state index contributed by atoms with van der Waals surface area (Å²) >= 11 is 0. The molecule has 18 heavy (non-hydrogen) atoms. The van der Waals surface area contributed by atoms with Gasteiger partial charge in [0.05, 0.1) is 0 Å². The van der Waals surface area contributed by atoms with Gasteiger partial charge in [-0.3, -0.25) is 0 Å². The minimum atomic E-state index is 0.417. The van der Waals surface area contributed by atoms with Gasteiger partial charge < -0.3 is 0 Å². The number of hydrogen-bond donors (Lipinski definition) is 0. The molecule has 0 aliphatic carbocycles. The zero-order valence-corrected chi connectivity index (χ0v) is 13.7. The van der Waals surface area contributed by atoms with Crippen LogP contribution >= 0.6 is 0 Å². The molecule has 1 radical (unpaired) electrons. The van der Waals surface area contributed by atoms with Crippen molar-refractivity contribution in [1.29, 1.82) is 0 Å². The lowest BCUT2D eigenvalue weighted by molar-refractivity contribution is 0.258. The standard InChI is InChI=1S/C18H37/c1-6-8-9-10-11-12-13-14-15-16-17(3)18(4,5)7-2/h7,17H,6,8-16H2,1-5H3. The van der Waals surface area contributed by atoms with Gasteiger partial charge in [0.25, 0.3) is 0 Å². The summed E-state index contributed by atoms with van der Waals surface area (Å²) in [6.45, 7) is 11.6. The van der Waals surface area contributed by atoms with Gasteiger partial charge in [0.15, 0.2) is 0 Å². The third kappa shape index (κ3) is 9.00. The summed E-state index contributed by atoms with van der Waals surface area (Å²) in [4.78, 5) is 0. The maximum Gasteiger partial charge on any atom is -0.0300 e. The van der Waals surface area contributed by atoms with Crippen molar-refractivity contribution in [3.8, 4) is 0 Å². The van der Waals surface area contributed by atoms with Crippen molar-refractivity contribution >= 4 is 0 Å². The van der Waals surface area contributed by atoms with Crippen molar-refractivity contribution in [3.63, 3.8) is 0 Å². The van der Waals surface area contributed by atoms with Crippen molar-refractivity contribution in [2.75, 3.05) is 0 Å². The predicted molar refractivity (Wildman–Crippen MR) is 84.8 cm³/mol. The Bertz CT molecular complexity index is 169. The fourth-order valence-corrected chi connectivity index (χ4v) is 2.42. The first kappa shape index (κ1) is 18.0. The highest BCUT2D eigenvalue weighted by atomic mass is 14.3. The SMILES string of the molecule is C[CH]C(C)(C)C(C)CCCCCCCCCCC. The second-order valence-corrected chi connectivity index (χ2v) is 6.63. The Morgan fingerprint density at radius 3 is 1.72 bits per heavy atom. The molecule has 0 aromatic rings. The Hall–Kier alpha value is 0. The molecule has 1 unspecified atom stereocenters. The zero-order chi connectivity index (χ0) is 13.9. The molecule has 0 nitrogen and oxygen atoms in total. The molecule has 0 saturated heterocycles. The van der Waals surface area contributed by atoms with Gasteiger partial charge in [0, 0.05) is 0 Å². The van der Waals surface area contributed by atoms with Crippen LogP contribution in [0.1, 0.15) is 98.8 Å². The van der Waals surface area contributed by atoms with E-state index in [1.54, 1.807) is 0 Å². The van der Waals surface area contributed by atoms with Crippen LogP contribution in [-0.2, 0) is 0 Å². The maximum atomic E-state index is 2.41. The summed E-state index contributed by atoms with van der Waals surface area (Å²) in [5.74, 6) is 0.826. The van der Waals surface area contributed by atoms with Crippen LogP contribution in [0.25, 0.3) is 0 Å². The van der Waals surface area contributed by atoms with Gasteiger partial charge in [-0.2, -0.15) is 0 Å². The molecule has 0 N–H and O–H groups in total. The molecule has 0 saturated carbocycles. The molecule has 0 heterocycles. The van der Waals surface area contributed by atoms with Gasteiger partial charge >= 0.3 is 0 Å². The summed E-state index contributed by atoms with van der Waals surface area (Å²) in [6, 6.07) is 0. The second-order valence-electron chi connectivity index (χ2n) is 6.63. The maximum absolute atomic E-state index is 2.41. The van der Waals surface area contributed by atoms with E-state index >= 15 is 0 Å². The van der Waals surface area contributed by atoms with E-state index in [9.17, 15) is 0 Å². The molecule has 0 fully saturated rings. The predicted octanol–water partition coefficient (Wildman–Crippen LogP) is 6.79. The van der Waals surface area contributed by atoms with Gasteiger partial charge in [-0.1, -0.05) is 98.8 Å². The highest BCUT2D eigenvalue weighted by molar-refractivity contribution is 4.85. The minimum Gasteiger partial charge on any atom is -0.0654 e. The molecule has 0 aromatic heterocycles. The first-order chi connectivity index (χ1) is 8.54. The van der Waals surface area contributed by atoms with E-state index in [0.717, 1.165) is 5.92 Å². The number of hydrogen-bond acceptors (Lipinski definition) is 0. The largest absolute Gasteiger partial charge is 0.0654 e. The molecule has 109 valence electrons. The third-order valence-electron chi connectivity index (χ3n) is 4.75. The van der Waals surface area contributed by atoms with Crippen molar-refractivity contribution in [3.05, 3.63) is 6.42 Å². The van der Waals surface area contributed by atoms with Gasteiger partial charge in [-0.05, 0) is 17.8 Å². The molecule has 0 aliphatic heterocycles. The molecule has 0 rings (SSSR count). The van der Waals surface area contributed by atoms with Crippen LogP contribution in [0.3, 0.4) is 0 Å². The lowest BCUT2D eigenvalue weighted by atomic mass is 9.75. The van der Waals surface area contributed by atoms with Crippen LogP contribution in [0, 0.1) is 17.8 Å². The quantitative estimate of drug-likeness (QED) is 0.336. The molecule has 0 aromatic carbocycles.